The van der Waals surface area contributed by atoms with Gasteiger partial charge < -0.3 is 15.1 Å². The van der Waals surface area contributed by atoms with Crippen molar-refractivity contribution in [1.82, 2.24) is 9.97 Å². The molecule has 1 aromatic heterocycles. The molecule has 1 amide bonds. The van der Waals surface area contributed by atoms with E-state index < -0.39 is 0 Å². The molecular formula is C17H22N5O+. The first kappa shape index (κ1) is 15.4. The summed E-state index contributed by atoms with van der Waals surface area (Å²) < 4.78 is 0. The fourth-order valence-electron chi connectivity index (χ4n) is 2.81. The number of carbonyl (C=O) groups is 1. The van der Waals surface area contributed by atoms with Crippen molar-refractivity contribution in [3.8, 4) is 0 Å². The van der Waals surface area contributed by atoms with Crippen LogP contribution in [0.4, 0.5) is 11.6 Å². The van der Waals surface area contributed by atoms with Gasteiger partial charge >= 0.3 is 0 Å². The molecule has 0 spiro atoms. The first-order valence-electron chi connectivity index (χ1n) is 7.93. The van der Waals surface area contributed by atoms with Gasteiger partial charge in [-0.2, -0.15) is 0 Å². The standard InChI is InChI=1S/C17H21N5O/c1-14-4-2-5-15(12-14)20-16(23)13-21-8-10-22(11-9-21)17-18-6-3-7-19-17/h2-7,12H,8-11,13H2,1H3,(H,20,23)/p+1. The van der Waals surface area contributed by atoms with Gasteiger partial charge in [-0.25, -0.2) is 9.97 Å². The molecule has 2 N–H and O–H groups in total. The predicted octanol–water partition coefficient (Wildman–Crippen LogP) is 0.129. The minimum Gasteiger partial charge on any atom is -0.330 e. The number of piperazine rings is 1. The summed E-state index contributed by atoms with van der Waals surface area (Å²) in [4.78, 5) is 24.2. The van der Waals surface area contributed by atoms with Gasteiger partial charge in [0.25, 0.3) is 5.91 Å². The van der Waals surface area contributed by atoms with Crippen LogP contribution in [0.2, 0.25) is 0 Å². The van der Waals surface area contributed by atoms with Crippen LogP contribution in [-0.2, 0) is 4.79 Å². The van der Waals surface area contributed by atoms with Crippen LogP contribution in [0.25, 0.3) is 0 Å². The summed E-state index contributed by atoms with van der Waals surface area (Å²) in [5, 5.41) is 2.97. The minimum absolute atomic E-state index is 0.0648. The average molecular weight is 312 g/mol. The molecule has 0 radical (unpaired) electrons. The number of anilines is 2. The van der Waals surface area contributed by atoms with Gasteiger partial charge in [0.2, 0.25) is 5.95 Å². The molecule has 3 rings (SSSR count). The van der Waals surface area contributed by atoms with E-state index in [1.54, 1.807) is 12.4 Å². The molecule has 2 aromatic rings. The lowest BCUT2D eigenvalue weighted by Gasteiger charge is -2.31. The molecule has 1 fully saturated rings. The molecular weight excluding hydrogens is 290 g/mol. The minimum atomic E-state index is 0.0648. The zero-order valence-electron chi connectivity index (χ0n) is 13.3. The molecule has 0 aliphatic carbocycles. The van der Waals surface area contributed by atoms with E-state index in [0.29, 0.717) is 6.54 Å². The zero-order valence-corrected chi connectivity index (χ0v) is 13.3. The second-order valence-corrected chi connectivity index (χ2v) is 5.88. The van der Waals surface area contributed by atoms with Gasteiger partial charge in [0.05, 0.1) is 26.2 Å². The Morgan fingerprint density at radius 1 is 1.22 bits per heavy atom. The molecule has 0 saturated carbocycles. The molecule has 0 bridgehead atoms. The van der Waals surface area contributed by atoms with Crippen molar-refractivity contribution in [1.29, 1.82) is 0 Å². The van der Waals surface area contributed by atoms with Crippen molar-refractivity contribution in [3.63, 3.8) is 0 Å². The van der Waals surface area contributed by atoms with E-state index in [2.05, 4.69) is 20.2 Å². The van der Waals surface area contributed by atoms with E-state index in [0.717, 1.165) is 43.4 Å². The molecule has 120 valence electrons. The van der Waals surface area contributed by atoms with Crippen molar-refractivity contribution >= 4 is 17.5 Å². The number of hydrogen-bond donors (Lipinski definition) is 2. The van der Waals surface area contributed by atoms with Gasteiger partial charge in [-0.05, 0) is 30.7 Å². The smallest absolute Gasteiger partial charge is 0.279 e. The van der Waals surface area contributed by atoms with Crippen molar-refractivity contribution in [2.75, 3.05) is 42.9 Å². The number of carbonyl (C=O) groups excluding carboxylic acids is 1. The van der Waals surface area contributed by atoms with Crippen LogP contribution in [0.1, 0.15) is 5.56 Å². The third-order valence-corrected chi connectivity index (χ3v) is 4.02. The summed E-state index contributed by atoms with van der Waals surface area (Å²) in [6, 6.07) is 9.70. The van der Waals surface area contributed by atoms with E-state index in [1.807, 2.05) is 37.3 Å². The highest BCUT2D eigenvalue weighted by molar-refractivity contribution is 5.91. The van der Waals surface area contributed by atoms with Crippen LogP contribution in [0, 0.1) is 6.92 Å². The van der Waals surface area contributed by atoms with E-state index in [9.17, 15) is 4.79 Å². The first-order valence-corrected chi connectivity index (χ1v) is 7.93. The van der Waals surface area contributed by atoms with Crippen LogP contribution in [0.3, 0.4) is 0 Å². The molecule has 1 aliphatic rings. The third-order valence-electron chi connectivity index (χ3n) is 4.02. The number of nitrogens with zero attached hydrogens (tertiary/aromatic N) is 3. The predicted molar refractivity (Wildman–Crippen MR) is 89.6 cm³/mol. The van der Waals surface area contributed by atoms with Crippen molar-refractivity contribution < 1.29 is 9.69 Å². The fourth-order valence-corrected chi connectivity index (χ4v) is 2.81. The Balaban J connectivity index is 1.48. The average Bonchev–Trinajstić information content (AvgIpc) is 2.56. The van der Waals surface area contributed by atoms with Crippen LogP contribution >= 0.6 is 0 Å². The lowest BCUT2D eigenvalue weighted by atomic mass is 10.2. The van der Waals surface area contributed by atoms with Gasteiger partial charge in [-0.1, -0.05) is 12.1 Å². The molecule has 1 aromatic carbocycles. The van der Waals surface area contributed by atoms with Gasteiger partial charge in [0, 0.05) is 18.1 Å². The molecule has 0 unspecified atom stereocenters. The summed E-state index contributed by atoms with van der Waals surface area (Å²) in [5.74, 6) is 0.839. The van der Waals surface area contributed by atoms with Gasteiger partial charge in [0.1, 0.15) is 0 Å². The van der Waals surface area contributed by atoms with Crippen LogP contribution in [0.5, 0.6) is 0 Å². The topological polar surface area (TPSA) is 62.6 Å². The Hall–Kier alpha value is -2.47. The van der Waals surface area contributed by atoms with Crippen LogP contribution in [-0.4, -0.2) is 48.6 Å². The summed E-state index contributed by atoms with van der Waals surface area (Å²) in [5.41, 5.74) is 2.01. The van der Waals surface area contributed by atoms with Crippen LogP contribution < -0.4 is 15.1 Å². The number of amides is 1. The quantitative estimate of drug-likeness (QED) is 0.842. The molecule has 1 saturated heterocycles. The third kappa shape index (κ3) is 4.26. The molecule has 1 aliphatic heterocycles. The van der Waals surface area contributed by atoms with Crippen molar-refractivity contribution in [3.05, 3.63) is 48.3 Å². The maximum Gasteiger partial charge on any atom is 0.279 e. The number of benzene rings is 1. The normalized spacial score (nSPS) is 15.4. The van der Waals surface area contributed by atoms with E-state index in [4.69, 9.17) is 0 Å². The largest absolute Gasteiger partial charge is 0.330 e. The Kier molecular flexibility index (Phi) is 4.83. The Bertz CT molecular complexity index is 653. The maximum atomic E-state index is 12.2. The van der Waals surface area contributed by atoms with E-state index in [1.165, 1.54) is 4.90 Å². The van der Waals surface area contributed by atoms with Crippen molar-refractivity contribution in [2.24, 2.45) is 0 Å². The lowest BCUT2D eigenvalue weighted by molar-refractivity contribution is -0.892. The Morgan fingerprint density at radius 3 is 2.65 bits per heavy atom. The fraction of sp³-hybridized carbons (Fsp3) is 0.353. The maximum absolute atomic E-state index is 12.2. The molecule has 0 atom stereocenters. The number of quaternary nitrogens is 1. The monoisotopic (exact) mass is 312 g/mol. The second-order valence-electron chi connectivity index (χ2n) is 5.88. The van der Waals surface area contributed by atoms with Crippen LogP contribution in [0.15, 0.2) is 42.7 Å². The van der Waals surface area contributed by atoms with Crippen molar-refractivity contribution in [2.45, 2.75) is 6.92 Å². The highest BCUT2D eigenvalue weighted by Gasteiger charge is 2.23. The SMILES string of the molecule is Cc1cccc(NC(=O)C[NH+]2CCN(c3ncccn3)CC2)c1. The molecule has 23 heavy (non-hydrogen) atoms. The lowest BCUT2D eigenvalue weighted by Crippen LogP contribution is -3.15. The highest BCUT2D eigenvalue weighted by atomic mass is 16.2. The number of nitrogens with one attached hydrogen (secondary N) is 2. The zero-order chi connectivity index (χ0) is 16.1. The summed E-state index contributed by atoms with van der Waals surface area (Å²) in [7, 11) is 0. The molecule has 6 nitrogen and oxygen atoms in total. The Labute approximate surface area is 136 Å². The summed E-state index contributed by atoms with van der Waals surface area (Å²) in [6.45, 7) is 6.09. The van der Waals surface area contributed by atoms with E-state index >= 15 is 0 Å². The van der Waals surface area contributed by atoms with Gasteiger partial charge in [-0.15, -0.1) is 0 Å². The number of aromatic nitrogens is 2. The Morgan fingerprint density at radius 2 is 1.96 bits per heavy atom. The number of rotatable bonds is 4. The second kappa shape index (κ2) is 7.19. The first-order chi connectivity index (χ1) is 11.2. The molecule has 6 heteroatoms. The molecule has 2 heterocycles. The van der Waals surface area contributed by atoms with Gasteiger partial charge in [0.15, 0.2) is 6.54 Å². The summed E-state index contributed by atoms with van der Waals surface area (Å²) in [6.07, 6.45) is 3.52. The number of aryl methyl sites for hydroxylation is 1. The summed E-state index contributed by atoms with van der Waals surface area (Å²) >= 11 is 0. The highest BCUT2D eigenvalue weighted by Crippen LogP contribution is 2.09. The van der Waals surface area contributed by atoms with Gasteiger partial charge in [-0.3, -0.25) is 4.79 Å². The van der Waals surface area contributed by atoms with E-state index in [-0.39, 0.29) is 5.91 Å². The number of hydrogen-bond acceptors (Lipinski definition) is 4.